The molecule has 1 amide bonds. The number of alkyl halides is 3. The maximum atomic E-state index is 13.7. The molecule has 1 aliphatic rings. The van der Waals surface area contributed by atoms with Crippen LogP contribution >= 0.6 is 0 Å². The number of hydrogen-bond donors (Lipinski definition) is 2. The number of primary amides is 1. The third kappa shape index (κ3) is 5.89. The van der Waals surface area contributed by atoms with Gasteiger partial charge in [0.15, 0.2) is 0 Å². The molecule has 0 bridgehead atoms. The normalized spacial score (nSPS) is 18.3. The van der Waals surface area contributed by atoms with Crippen LogP contribution in [0.4, 0.5) is 23.2 Å². The van der Waals surface area contributed by atoms with Gasteiger partial charge in [0.05, 0.1) is 11.2 Å². The molecule has 1 aromatic rings. The summed E-state index contributed by atoms with van der Waals surface area (Å²) in [6, 6.07) is 3.60. The summed E-state index contributed by atoms with van der Waals surface area (Å²) in [5.41, 5.74) is 3.32. The van der Waals surface area contributed by atoms with Crippen molar-refractivity contribution >= 4 is 24.7 Å². The first-order valence-corrected chi connectivity index (χ1v) is 7.43. The smallest absolute Gasteiger partial charge is 0.399 e. The van der Waals surface area contributed by atoms with Gasteiger partial charge in [0.2, 0.25) is 6.41 Å². The number of amides is 1. The van der Waals surface area contributed by atoms with Crippen molar-refractivity contribution < 1.29 is 31.7 Å². The Labute approximate surface area is 144 Å². The van der Waals surface area contributed by atoms with Crippen LogP contribution in [0.2, 0.25) is 0 Å². The minimum atomic E-state index is -4.38. The SMILES string of the molecule is CC1(C)OB(c2cc(F)cc(NCC(F)(F)F)c2)OC1(C)C.NC=O. The van der Waals surface area contributed by atoms with E-state index in [-0.39, 0.29) is 12.1 Å². The van der Waals surface area contributed by atoms with Crippen LogP contribution in [0.1, 0.15) is 27.7 Å². The molecule has 1 aliphatic heterocycles. The van der Waals surface area contributed by atoms with Crippen molar-refractivity contribution in [1.82, 2.24) is 0 Å². The molecule has 140 valence electrons. The van der Waals surface area contributed by atoms with Gasteiger partial charge in [-0.1, -0.05) is 0 Å². The Bertz CT molecular complexity index is 593. The summed E-state index contributed by atoms with van der Waals surface area (Å²) in [6.07, 6.45) is -4.13. The first-order chi connectivity index (χ1) is 11.3. The lowest BCUT2D eigenvalue weighted by atomic mass is 9.79. The summed E-state index contributed by atoms with van der Waals surface area (Å²) < 4.78 is 61.9. The summed E-state index contributed by atoms with van der Waals surface area (Å²) in [5.74, 6) is -0.656. The van der Waals surface area contributed by atoms with Crippen LogP contribution in [0.3, 0.4) is 0 Å². The number of carbonyl (C=O) groups excluding carboxylic acids is 1. The number of carbonyl (C=O) groups is 1. The number of anilines is 1. The van der Waals surface area contributed by atoms with Gasteiger partial charge >= 0.3 is 13.3 Å². The second-order valence-electron chi connectivity index (χ2n) is 6.47. The van der Waals surface area contributed by atoms with Crippen LogP contribution in [0, 0.1) is 5.82 Å². The van der Waals surface area contributed by atoms with E-state index in [1.165, 1.54) is 12.1 Å². The van der Waals surface area contributed by atoms with Gasteiger partial charge in [-0.2, -0.15) is 13.2 Å². The topological polar surface area (TPSA) is 73.6 Å². The Balaban J connectivity index is 0.000000970. The van der Waals surface area contributed by atoms with Crippen molar-refractivity contribution in [3.63, 3.8) is 0 Å². The Morgan fingerprint density at radius 1 is 1.16 bits per heavy atom. The monoisotopic (exact) mass is 364 g/mol. The van der Waals surface area contributed by atoms with Crippen LogP contribution < -0.4 is 16.5 Å². The zero-order chi connectivity index (χ0) is 19.5. The Morgan fingerprint density at radius 2 is 1.64 bits per heavy atom. The van der Waals surface area contributed by atoms with Crippen molar-refractivity contribution in [3.05, 3.63) is 24.0 Å². The minimum Gasteiger partial charge on any atom is -0.399 e. The molecule has 0 atom stereocenters. The van der Waals surface area contributed by atoms with Gasteiger partial charge in [0, 0.05) is 5.69 Å². The van der Waals surface area contributed by atoms with E-state index >= 15 is 0 Å². The second-order valence-corrected chi connectivity index (χ2v) is 6.47. The molecule has 0 aliphatic carbocycles. The standard InChI is InChI=1S/C14H18BF4NO2.CH3NO/c1-12(2)13(3,4)22-15(21-12)9-5-10(16)7-11(6-9)20-8-14(17,18)19;2-1-3/h5-7,20H,8H2,1-4H3;1H,(H2,2,3). The highest BCUT2D eigenvalue weighted by molar-refractivity contribution is 6.62. The Hall–Kier alpha value is -1.81. The predicted molar refractivity (Wildman–Crippen MR) is 86.9 cm³/mol. The molecule has 1 heterocycles. The van der Waals surface area contributed by atoms with Crippen LogP contribution in [0.5, 0.6) is 0 Å². The van der Waals surface area contributed by atoms with Crippen LogP contribution in [0.25, 0.3) is 0 Å². The van der Waals surface area contributed by atoms with Crippen LogP contribution in [-0.4, -0.2) is 37.5 Å². The molecular weight excluding hydrogens is 343 g/mol. The zero-order valence-corrected chi connectivity index (χ0v) is 14.4. The van der Waals surface area contributed by atoms with E-state index in [0.717, 1.165) is 6.07 Å². The van der Waals surface area contributed by atoms with Gasteiger partial charge in [-0.05, 0) is 51.4 Å². The number of rotatable bonds is 3. The third-order valence-electron chi connectivity index (χ3n) is 3.94. The van der Waals surface area contributed by atoms with E-state index in [9.17, 15) is 17.6 Å². The fraction of sp³-hybridized carbons (Fsp3) is 0.533. The number of nitrogens with one attached hydrogen (secondary N) is 1. The number of nitrogens with two attached hydrogens (primary N) is 1. The van der Waals surface area contributed by atoms with Gasteiger partial charge in [0.25, 0.3) is 0 Å². The highest BCUT2D eigenvalue weighted by atomic mass is 19.4. The van der Waals surface area contributed by atoms with E-state index in [2.05, 4.69) is 11.1 Å². The summed E-state index contributed by atoms with van der Waals surface area (Å²) >= 11 is 0. The molecule has 1 fully saturated rings. The predicted octanol–water partition coefficient (Wildman–Crippen LogP) is 2.20. The van der Waals surface area contributed by atoms with Crippen molar-refractivity contribution in [2.24, 2.45) is 5.73 Å². The highest BCUT2D eigenvalue weighted by Crippen LogP contribution is 2.36. The molecule has 1 aromatic carbocycles. The number of halogens is 4. The lowest BCUT2D eigenvalue weighted by molar-refractivity contribution is -0.115. The molecule has 1 saturated heterocycles. The summed E-state index contributed by atoms with van der Waals surface area (Å²) in [6.45, 7) is 6.13. The molecule has 0 saturated carbocycles. The second kappa shape index (κ2) is 7.61. The van der Waals surface area contributed by atoms with Gasteiger partial charge in [-0.15, -0.1) is 0 Å². The maximum Gasteiger partial charge on any atom is 0.495 e. The first-order valence-electron chi connectivity index (χ1n) is 7.43. The van der Waals surface area contributed by atoms with E-state index in [4.69, 9.17) is 14.1 Å². The highest BCUT2D eigenvalue weighted by Gasteiger charge is 2.51. The van der Waals surface area contributed by atoms with E-state index in [0.29, 0.717) is 5.46 Å². The molecule has 3 N–H and O–H groups in total. The molecule has 0 unspecified atom stereocenters. The van der Waals surface area contributed by atoms with Gasteiger partial charge in [0.1, 0.15) is 12.4 Å². The van der Waals surface area contributed by atoms with Crippen molar-refractivity contribution in [2.75, 3.05) is 11.9 Å². The molecular formula is C15H21BF4N2O3. The average molecular weight is 364 g/mol. The molecule has 2 rings (SSSR count). The molecule has 0 aromatic heterocycles. The van der Waals surface area contributed by atoms with E-state index in [1.807, 2.05) is 27.7 Å². The molecule has 25 heavy (non-hydrogen) atoms. The zero-order valence-electron chi connectivity index (χ0n) is 14.4. The quantitative estimate of drug-likeness (QED) is 0.490. The summed E-state index contributed by atoms with van der Waals surface area (Å²) in [4.78, 5) is 8.58. The minimum absolute atomic E-state index is 0.0297. The molecule has 0 radical (unpaired) electrons. The maximum absolute atomic E-state index is 13.7. The third-order valence-corrected chi connectivity index (χ3v) is 3.94. The molecule has 10 heteroatoms. The van der Waals surface area contributed by atoms with Crippen molar-refractivity contribution in [1.29, 1.82) is 0 Å². The van der Waals surface area contributed by atoms with Crippen LogP contribution in [0.15, 0.2) is 18.2 Å². The van der Waals surface area contributed by atoms with E-state index < -0.39 is 36.9 Å². The molecule has 0 spiro atoms. The molecule has 5 nitrogen and oxygen atoms in total. The summed E-state index contributed by atoms with van der Waals surface area (Å²) in [5, 5.41) is 2.15. The van der Waals surface area contributed by atoms with Gasteiger partial charge in [-0.3, -0.25) is 4.79 Å². The van der Waals surface area contributed by atoms with Gasteiger partial charge < -0.3 is 20.4 Å². The first kappa shape index (κ1) is 21.2. The largest absolute Gasteiger partial charge is 0.495 e. The lowest BCUT2D eigenvalue weighted by Crippen LogP contribution is -2.41. The van der Waals surface area contributed by atoms with Crippen molar-refractivity contribution in [2.45, 2.75) is 45.1 Å². The van der Waals surface area contributed by atoms with Gasteiger partial charge in [-0.25, -0.2) is 4.39 Å². The Morgan fingerprint density at radius 3 is 2.08 bits per heavy atom. The number of benzene rings is 1. The average Bonchev–Trinajstić information content (AvgIpc) is 2.65. The number of hydrogen-bond acceptors (Lipinski definition) is 4. The fourth-order valence-electron chi connectivity index (χ4n) is 2.03. The summed E-state index contributed by atoms with van der Waals surface area (Å²) in [7, 11) is -0.827. The van der Waals surface area contributed by atoms with Crippen LogP contribution in [-0.2, 0) is 14.1 Å². The Kier molecular flexibility index (Phi) is 6.47. The van der Waals surface area contributed by atoms with E-state index in [1.54, 1.807) is 0 Å². The fourth-order valence-corrected chi connectivity index (χ4v) is 2.03. The van der Waals surface area contributed by atoms with Crippen molar-refractivity contribution in [3.8, 4) is 0 Å². The lowest BCUT2D eigenvalue weighted by Gasteiger charge is -2.32.